The van der Waals surface area contributed by atoms with Gasteiger partial charge in [-0.05, 0) is 44.1 Å². The minimum atomic E-state index is 0.718. The van der Waals surface area contributed by atoms with Gasteiger partial charge in [0.15, 0.2) is 0 Å². The van der Waals surface area contributed by atoms with E-state index >= 15 is 0 Å². The van der Waals surface area contributed by atoms with Crippen LogP contribution in [0.1, 0.15) is 39.2 Å². The van der Waals surface area contributed by atoms with E-state index in [4.69, 9.17) is 4.74 Å². The van der Waals surface area contributed by atoms with Crippen LogP contribution in [0.5, 0.6) is 5.75 Å². The van der Waals surface area contributed by atoms with Gasteiger partial charge in [0, 0.05) is 32.7 Å². The molecule has 0 amide bonds. The highest BCUT2D eigenvalue weighted by Crippen LogP contribution is 2.30. The zero-order valence-electron chi connectivity index (χ0n) is 15.1. The number of unbranched alkanes of at least 4 members (excludes halogenated alkanes) is 1. The van der Waals surface area contributed by atoms with Gasteiger partial charge in [-0.2, -0.15) is 0 Å². The smallest absolute Gasteiger partial charge is 0.142 e. The maximum atomic E-state index is 5.95. The van der Waals surface area contributed by atoms with E-state index in [9.17, 15) is 0 Å². The minimum Gasteiger partial charge on any atom is -0.492 e. The van der Waals surface area contributed by atoms with Crippen molar-refractivity contribution in [3.05, 3.63) is 23.8 Å². The lowest BCUT2D eigenvalue weighted by atomic mass is 10.1. The van der Waals surface area contributed by atoms with Gasteiger partial charge >= 0.3 is 0 Å². The third-order valence-corrected chi connectivity index (χ3v) is 4.46. The van der Waals surface area contributed by atoms with Gasteiger partial charge in [-0.1, -0.05) is 26.3 Å². The van der Waals surface area contributed by atoms with Crippen molar-refractivity contribution in [3.8, 4) is 5.75 Å². The number of hydrogen-bond acceptors (Lipinski definition) is 4. The predicted molar refractivity (Wildman–Crippen MR) is 98.6 cm³/mol. The summed E-state index contributed by atoms with van der Waals surface area (Å²) in [6.45, 7) is 14.8. The van der Waals surface area contributed by atoms with Crippen LogP contribution in [-0.2, 0) is 6.54 Å². The van der Waals surface area contributed by atoms with Crippen molar-refractivity contribution in [3.63, 3.8) is 0 Å². The summed E-state index contributed by atoms with van der Waals surface area (Å²) in [6, 6.07) is 6.77. The monoisotopic (exact) mass is 319 g/mol. The Labute approximate surface area is 141 Å². The molecule has 0 radical (unpaired) electrons. The molecule has 1 saturated heterocycles. The van der Waals surface area contributed by atoms with Crippen LogP contribution in [0, 0.1) is 0 Å². The number of anilines is 1. The molecule has 130 valence electrons. The van der Waals surface area contributed by atoms with Gasteiger partial charge < -0.3 is 15.0 Å². The Morgan fingerprint density at radius 3 is 2.61 bits per heavy atom. The van der Waals surface area contributed by atoms with Gasteiger partial charge in [-0.15, -0.1) is 0 Å². The first kappa shape index (κ1) is 18.1. The minimum absolute atomic E-state index is 0.718. The number of nitrogens with one attached hydrogen (secondary N) is 1. The predicted octanol–water partition coefficient (Wildman–Crippen LogP) is 3.12. The van der Waals surface area contributed by atoms with Crippen LogP contribution in [-0.4, -0.2) is 50.8 Å². The van der Waals surface area contributed by atoms with Crippen LogP contribution in [0.4, 0.5) is 5.69 Å². The molecule has 0 unspecified atom stereocenters. The normalized spacial score (nSPS) is 15.2. The molecule has 4 heteroatoms. The van der Waals surface area contributed by atoms with E-state index in [1.807, 2.05) is 0 Å². The maximum absolute atomic E-state index is 5.95. The first-order valence-corrected chi connectivity index (χ1v) is 9.22. The molecule has 0 aromatic heterocycles. The molecule has 23 heavy (non-hydrogen) atoms. The fourth-order valence-electron chi connectivity index (χ4n) is 3.08. The molecule has 0 bridgehead atoms. The van der Waals surface area contributed by atoms with E-state index in [0.29, 0.717) is 0 Å². The quantitative estimate of drug-likeness (QED) is 0.757. The Kier molecular flexibility index (Phi) is 7.69. The molecule has 0 atom stereocenters. The molecule has 0 saturated carbocycles. The van der Waals surface area contributed by atoms with Gasteiger partial charge in [-0.25, -0.2) is 0 Å². The SMILES string of the molecule is CCCCN(CC)Cc1ccc(N2CCNCC2)c(OCC)c1. The van der Waals surface area contributed by atoms with Crippen LogP contribution in [0.2, 0.25) is 0 Å². The van der Waals surface area contributed by atoms with Crippen molar-refractivity contribution in [1.82, 2.24) is 10.2 Å². The molecule has 1 aliphatic rings. The highest BCUT2D eigenvalue weighted by Gasteiger charge is 2.16. The number of benzene rings is 1. The van der Waals surface area contributed by atoms with Crippen LogP contribution >= 0.6 is 0 Å². The fraction of sp³-hybridized carbons (Fsp3) is 0.684. The molecule has 0 aliphatic carbocycles. The Balaban J connectivity index is 2.10. The molecule has 2 rings (SSSR count). The summed E-state index contributed by atoms with van der Waals surface area (Å²) in [5.74, 6) is 1.04. The third-order valence-electron chi connectivity index (χ3n) is 4.46. The highest BCUT2D eigenvalue weighted by molar-refractivity contribution is 5.60. The molecular formula is C19H33N3O. The summed E-state index contributed by atoms with van der Waals surface area (Å²) in [6.07, 6.45) is 2.52. The van der Waals surface area contributed by atoms with E-state index < -0.39 is 0 Å². The highest BCUT2D eigenvalue weighted by atomic mass is 16.5. The molecule has 4 nitrogen and oxygen atoms in total. The zero-order valence-corrected chi connectivity index (χ0v) is 15.1. The molecule has 1 aromatic carbocycles. The van der Waals surface area contributed by atoms with E-state index in [0.717, 1.165) is 51.6 Å². The molecule has 0 spiro atoms. The van der Waals surface area contributed by atoms with Gasteiger partial charge in [0.1, 0.15) is 5.75 Å². The van der Waals surface area contributed by atoms with Crippen LogP contribution in [0.15, 0.2) is 18.2 Å². The topological polar surface area (TPSA) is 27.7 Å². The molecule has 1 fully saturated rings. The third kappa shape index (κ3) is 5.40. The Hall–Kier alpha value is -1.26. The van der Waals surface area contributed by atoms with Crippen LogP contribution in [0.25, 0.3) is 0 Å². The van der Waals surface area contributed by atoms with E-state index in [1.54, 1.807) is 0 Å². The summed E-state index contributed by atoms with van der Waals surface area (Å²) < 4.78 is 5.95. The lowest BCUT2D eigenvalue weighted by molar-refractivity contribution is 0.274. The van der Waals surface area contributed by atoms with E-state index in [2.05, 4.69) is 54.1 Å². The van der Waals surface area contributed by atoms with E-state index in [1.165, 1.54) is 30.6 Å². The average Bonchev–Trinajstić information content (AvgIpc) is 2.60. The molecule has 1 aliphatic heterocycles. The zero-order chi connectivity index (χ0) is 16.5. The largest absolute Gasteiger partial charge is 0.492 e. The number of hydrogen-bond donors (Lipinski definition) is 1. The number of ether oxygens (including phenoxy) is 1. The maximum Gasteiger partial charge on any atom is 0.142 e. The Bertz CT molecular complexity index is 458. The van der Waals surface area contributed by atoms with Crippen molar-refractivity contribution in [2.45, 2.75) is 40.2 Å². The van der Waals surface area contributed by atoms with Crippen molar-refractivity contribution >= 4 is 5.69 Å². The summed E-state index contributed by atoms with van der Waals surface area (Å²) >= 11 is 0. The van der Waals surface area contributed by atoms with Crippen LogP contribution < -0.4 is 15.0 Å². The molecule has 1 N–H and O–H groups in total. The first-order chi connectivity index (χ1) is 11.3. The van der Waals surface area contributed by atoms with Crippen molar-refractivity contribution in [2.75, 3.05) is 50.8 Å². The number of nitrogens with zero attached hydrogens (tertiary/aromatic N) is 2. The Morgan fingerprint density at radius 1 is 1.17 bits per heavy atom. The molecule has 1 aromatic rings. The summed E-state index contributed by atoms with van der Waals surface area (Å²) in [5.41, 5.74) is 2.60. The number of piperazine rings is 1. The van der Waals surface area contributed by atoms with Gasteiger partial charge in [-0.3, -0.25) is 4.90 Å². The molecule has 1 heterocycles. The summed E-state index contributed by atoms with van der Waals surface area (Å²) in [4.78, 5) is 4.94. The van der Waals surface area contributed by atoms with Gasteiger partial charge in [0.25, 0.3) is 0 Å². The van der Waals surface area contributed by atoms with Crippen molar-refractivity contribution in [2.24, 2.45) is 0 Å². The second-order valence-electron chi connectivity index (χ2n) is 6.19. The van der Waals surface area contributed by atoms with Gasteiger partial charge in [0.05, 0.1) is 12.3 Å². The van der Waals surface area contributed by atoms with Gasteiger partial charge in [0.2, 0.25) is 0 Å². The van der Waals surface area contributed by atoms with Crippen LogP contribution in [0.3, 0.4) is 0 Å². The summed E-state index contributed by atoms with van der Waals surface area (Å²) in [7, 11) is 0. The number of rotatable bonds is 9. The Morgan fingerprint density at radius 2 is 1.96 bits per heavy atom. The molecular weight excluding hydrogens is 286 g/mol. The van der Waals surface area contributed by atoms with Crippen molar-refractivity contribution in [1.29, 1.82) is 0 Å². The van der Waals surface area contributed by atoms with Crippen molar-refractivity contribution < 1.29 is 4.74 Å². The van der Waals surface area contributed by atoms with E-state index in [-0.39, 0.29) is 0 Å². The second kappa shape index (κ2) is 9.78. The first-order valence-electron chi connectivity index (χ1n) is 9.22. The lowest BCUT2D eigenvalue weighted by Gasteiger charge is -2.31. The lowest BCUT2D eigenvalue weighted by Crippen LogP contribution is -2.43. The standard InChI is InChI=1S/C19H33N3O/c1-4-7-12-21(5-2)16-17-8-9-18(19(15-17)23-6-3)22-13-10-20-11-14-22/h8-9,15,20H,4-7,10-14,16H2,1-3H3. The average molecular weight is 319 g/mol. The fourth-order valence-corrected chi connectivity index (χ4v) is 3.08. The summed E-state index contributed by atoms with van der Waals surface area (Å²) in [5, 5.41) is 3.41. The second-order valence-corrected chi connectivity index (χ2v) is 6.19.